The van der Waals surface area contributed by atoms with E-state index in [0.717, 1.165) is 22.4 Å². The zero-order chi connectivity index (χ0) is 15.6. The van der Waals surface area contributed by atoms with Crippen molar-refractivity contribution in [2.24, 2.45) is 0 Å². The monoisotopic (exact) mass is 320 g/mol. The molecule has 0 bridgehead atoms. The molecule has 0 saturated heterocycles. The molecule has 2 aromatic heterocycles. The fraction of sp³-hybridized carbons (Fsp3) is 0. The van der Waals surface area contributed by atoms with Gasteiger partial charge in [0.1, 0.15) is 5.52 Å². The number of carbonyl (C=O) groups excluding carboxylic acids is 1. The number of oxazole rings is 1. The predicted octanol–water partition coefficient (Wildman–Crippen LogP) is 4.81. The van der Waals surface area contributed by atoms with Crippen molar-refractivity contribution in [3.63, 3.8) is 0 Å². The number of hydrogen-bond donors (Lipinski definition) is 1. The van der Waals surface area contributed by atoms with E-state index in [-0.39, 0.29) is 5.91 Å². The fourth-order valence-electron chi connectivity index (χ4n) is 2.29. The Labute approximate surface area is 136 Å². The van der Waals surface area contributed by atoms with Crippen LogP contribution in [0.4, 0.5) is 5.69 Å². The van der Waals surface area contributed by atoms with Crippen molar-refractivity contribution in [2.45, 2.75) is 0 Å². The summed E-state index contributed by atoms with van der Waals surface area (Å²) in [6, 6.07) is 16.9. The van der Waals surface area contributed by atoms with Gasteiger partial charge >= 0.3 is 0 Å². The second kappa shape index (κ2) is 5.70. The standard InChI is InChI=1S/C18H12N2O2S/c21-17(13-9-10-23-11-13)19-14-7-5-12(6-8-14)18-20-15-3-1-2-4-16(15)22-18/h1-11H,(H,19,21). The summed E-state index contributed by atoms with van der Waals surface area (Å²) in [6.45, 7) is 0. The molecule has 4 nitrogen and oxygen atoms in total. The predicted molar refractivity (Wildman–Crippen MR) is 91.7 cm³/mol. The van der Waals surface area contributed by atoms with E-state index in [1.54, 1.807) is 6.07 Å². The maximum absolute atomic E-state index is 12.0. The van der Waals surface area contributed by atoms with Crippen molar-refractivity contribution in [1.82, 2.24) is 4.98 Å². The topological polar surface area (TPSA) is 55.1 Å². The van der Waals surface area contributed by atoms with E-state index in [2.05, 4.69) is 10.3 Å². The number of carbonyl (C=O) groups is 1. The van der Waals surface area contributed by atoms with Crippen molar-refractivity contribution >= 4 is 34.0 Å². The van der Waals surface area contributed by atoms with Crippen LogP contribution in [0.15, 0.2) is 69.8 Å². The minimum atomic E-state index is -0.110. The maximum Gasteiger partial charge on any atom is 0.256 e. The van der Waals surface area contributed by atoms with Crippen molar-refractivity contribution in [2.75, 3.05) is 5.32 Å². The Morgan fingerprint density at radius 3 is 2.61 bits per heavy atom. The van der Waals surface area contributed by atoms with Crippen molar-refractivity contribution in [3.05, 3.63) is 70.9 Å². The number of amides is 1. The number of thiophene rings is 1. The molecule has 0 fully saturated rings. The van der Waals surface area contributed by atoms with Gasteiger partial charge in [-0.05, 0) is 47.8 Å². The van der Waals surface area contributed by atoms with Gasteiger partial charge in [0.2, 0.25) is 5.89 Å². The molecule has 5 heteroatoms. The molecule has 1 amide bonds. The Morgan fingerprint density at radius 2 is 1.87 bits per heavy atom. The quantitative estimate of drug-likeness (QED) is 0.589. The highest BCUT2D eigenvalue weighted by Crippen LogP contribution is 2.25. The first-order valence-corrected chi connectivity index (χ1v) is 8.03. The molecule has 2 heterocycles. The van der Waals surface area contributed by atoms with Gasteiger partial charge in [-0.3, -0.25) is 4.79 Å². The lowest BCUT2D eigenvalue weighted by Gasteiger charge is -2.04. The number of nitrogens with one attached hydrogen (secondary N) is 1. The number of aromatic nitrogens is 1. The van der Waals surface area contributed by atoms with Gasteiger partial charge in [0.25, 0.3) is 5.91 Å². The smallest absolute Gasteiger partial charge is 0.256 e. The Bertz CT molecular complexity index is 923. The van der Waals surface area contributed by atoms with Crippen LogP contribution >= 0.6 is 11.3 Å². The second-order valence-corrected chi connectivity index (χ2v) is 5.81. The van der Waals surface area contributed by atoms with Gasteiger partial charge in [-0.2, -0.15) is 11.3 Å². The molecule has 2 aromatic carbocycles. The van der Waals surface area contributed by atoms with Crippen LogP contribution in [0.1, 0.15) is 10.4 Å². The highest BCUT2D eigenvalue weighted by atomic mass is 32.1. The van der Waals surface area contributed by atoms with Gasteiger partial charge in [-0.15, -0.1) is 0 Å². The van der Waals surface area contributed by atoms with E-state index in [4.69, 9.17) is 4.42 Å². The van der Waals surface area contributed by atoms with E-state index >= 15 is 0 Å². The summed E-state index contributed by atoms with van der Waals surface area (Å²) in [7, 11) is 0. The van der Waals surface area contributed by atoms with E-state index in [1.807, 2.05) is 59.3 Å². The molecule has 0 atom stereocenters. The van der Waals surface area contributed by atoms with Crippen molar-refractivity contribution < 1.29 is 9.21 Å². The van der Waals surface area contributed by atoms with Crippen LogP contribution in [0.25, 0.3) is 22.6 Å². The van der Waals surface area contributed by atoms with Crippen LogP contribution in [0.2, 0.25) is 0 Å². The van der Waals surface area contributed by atoms with Crippen LogP contribution in [0.5, 0.6) is 0 Å². The van der Waals surface area contributed by atoms with E-state index in [0.29, 0.717) is 11.5 Å². The highest BCUT2D eigenvalue weighted by molar-refractivity contribution is 7.08. The van der Waals surface area contributed by atoms with Crippen LogP contribution in [0, 0.1) is 0 Å². The van der Waals surface area contributed by atoms with Gasteiger partial charge < -0.3 is 9.73 Å². The number of fused-ring (bicyclic) bond motifs is 1. The summed E-state index contributed by atoms with van der Waals surface area (Å²) in [5, 5.41) is 6.57. The normalized spacial score (nSPS) is 10.8. The first-order valence-electron chi connectivity index (χ1n) is 7.09. The van der Waals surface area contributed by atoms with Crippen LogP contribution in [0.3, 0.4) is 0 Å². The summed E-state index contributed by atoms with van der Waals surface area (Å²) >= 11 is 1.50. The van der Waals surface area contributed by atoms with E-state index in [9.17, 15) is 4.79 Å². The first-order chi connectivity index (χ1) is 11.3. The third-order valence-corrected chi connectivity index (χ3v) is 4.15. The van der Waals surface area contributed by atoms with Crippen molar-refractivity contribution in [3.8, 4) is 11.5 Å². The molecule has 0 aliphatic heterocycles. The molecule has 0 aliphatic rings. The molecule has 4 rings (SSSR count). The molecule has 0 aliphatic carbocycles. The van der Waals surface area contributed by atoms with Crippen molar-refractivity contribution in [1.29, 1.82) is 0 Å². The molecule has 112 valence electrons. The summed E-state index contributed by atoms with van der Waals surface area (Å²) < 4.78 is 5.74. The third kappa shape index (κ3) is 2.74. The Balaban J connectivity index is 1.57. The van der Waals surface area contributed by atoms with Crippen LogP contribution < -0.4 is 5.32 Å². The minimum absolute atomic E-state index is 0.110. The van der Waals surface area contributed by atoms with Gasteiger partial charge in [0.05, 0.1) is 5.56 Å². The number of nitrogens with zero attached hydrogens (tertiary/aromatic N) is 1. The number of hydrogen-bond acceptors (Lipinski definition) is 4. The lowest BCUT2D eigenvalue weighted by molar-refractivity contribution is 0.102. The van der Waals surface area contributed by atoms with E-state index in [1.165, 1.54) is 11.3 Å². The molecule has 1 N–H and O–H groups in total. The van der Waals surface area contributed by atoms with Gasteiger partial charge in [-0.25, -0.2) is 4.98 Å². The zero-order valence-corrected chi connectivity index (χ0v) is 12.8. The van der Waals surface area contributed by atoms with Crippen LogP contribution in [-0.2, 0) is 0 Å². The van der Waals surface area contributed by atoms with Gasteiger partial charge in [0, 0.05) is 16.6 Å². The van der Waals surface area contributed by atoms with Crippen LogP contribution in [-0.4, -0.2) is 10.9 Å². The molecule has 0 radical (unpaired) electrons. The fourth-order valence-corrected chi connectivity index (χ4v) is 2.92. The molecule has 23 heavy (non-hydrogen) atoms. The third-order valence-electron chi connectivity index (χ3n) is 3.47. The number of anilines is 1. The Hall–Kier alpha value is -2.92. The molecular weight excluding hydrogens is 308 g/mol. The number of benzene rings is 2. The van der Waals surface area contributed by atoms with E-state index < -0.39 is 0 Å². The first kappa shape index (κ1) is 13.7. The second-order valence-electron chi connectivity index (χ2n) is 5.03. The summed E-state index contributed by atoms with van der Waals surface area (Å²) in [5.41, 5.74) is 3.86. The lowest BCUT2D eigenvalue weighted by Crippen LogP contribution is -2.10. The lowest BCUT2D eigenvalue weighted by atomic mass is 10.2. The average Bonchev–Trinajstić information content (AvgIpc) is 3.25. The largest absolute Gasteiger partial charge is 0.436 e. The molecular formula is C18H12N2O2S. The maximum atomic E-state index is 12.0. The Kier molecular flexibility index (Phi) is 3.40. The molecule has 4 aromatic rings. The number of para-hydroxylation sites is 2. The molecule has 0 unspecified atom stereocenters. The summed E-state index contributed by atoms with van der Waals surface area (Å²) in [5.74, 6) is 0.461. The zero-order valence-electron chi connectivity index (χ0n) is 12.0. The summed E-state index contributed by atoms with van der Waals surface area (Å²) in [6.07, 6.45) is 0. The summed E-state index contributed by atoms with van der Waals surface area (Å²) in [4.78, 5) is 16.5. The minimum Gasteiger partial charge on any atom is -0.436 e. The molecule has 0 saturated carbocycles. The SMILES string of the molecule is O=C(Nc1ccc(-c2nc3ccccc3o2)cc1)c1ccsc1. The molecule has 0 spiro atoms. The Morgan fingerprint density at radius 1 is 1.04 bits per heavy atom. The number of rotatable bonds is 3. The van der Waals surface area contributed by atoms with Gasteiger partial charge in [0.15, 0.2) is 5.58 Å². The average molecular weight is 320 g/mol. The highest BCUT2D eigenvalue weighted by Gasteiger charge is 2.09. The van der Waals surface area contributed by atoms with Gasteiger partial charge in [-0.1, -0.05) is 12.1 Å².